The number of nitrogens with two attached hydrogens (primary N) is 1. The van der Waals surface area contributed by atoms with Gasteiger partial charge in [-0.2, -0.15) is 4.39 Å². The summed E-state index contributed by atoms with van der Waals surface area (Å²) in [7, 11) is 0. The number of amides is 2. The van der Waals surface area contributed by atoms with Crippen molar-refractivity contribution in [3.05, 3.63) is 73.6 Å². The van der Waals surface area contributed by atoms with Gasteiger partial charge >= 0.3 is 17.9 Å². The quantitative estimate of drug-likeness (QED) is 0.223. The minimum absolute atomic E-state index is 0.124. The summed E-state index contributed by atoms with van der Waals surface area (Å²) in [6.07, 6.45) is -0.266. The van der Waals surface area contributed by atoms with Gasteiger partial charge in [0.25, 0.3) is 5.69 Å². The molecule has 2 rings (SSSR count). The van der Waals surface area contributed by atoms with Crippen molar-refractivity contribution in [3.63, 3.8) is 0 Å². The molecule has 13 nitrogen and oxygen atoms in total. The van der Waals surface area contributed by atoms with E-state index in [9.17, 15) is 34.2 Å². The Morgan fingerprint density at radius 2 is 1.20 bits per heavy atom. The lowest BCUT2D eigenvalue weighted by Crippen LogP contribution is -2.33. The van der Waals surface area contributed by atoms with Gasteiger partial charge in [0.15, 0.2) is 0 Å². The molecule has 0 unspecified atom stereocenters. The smallest absolute Gasteiger partial charge is 0.407 e. The molecule has 0 aliphatic rings. The van der Waals surface area contributed by atoms with Crippen molar-refractivity contribution < 1.29 is 33.3 Å². The van der Waals surface area contributed by atoms with E-state index in [1.165, 1.54) is 18.2 Å². The molecular weight excluding hydrogens is 529 g/mol. The Hall–Kier alpha value is -4.49. The highest BCUT2D eigenvalue weighted by Crippen LogP contribution is 2.22. The fourth-order valence-corrected chi connectivity index (χ4v) is 3.00. The van der Waals surface area contributed by atoms with Crippen molar-refractivity contribution in [3.8, 4) is 0 Å². The molecule has 0 saturated carbocycles. The zero-order chi connectivity index (χ0) is 30.7. The molecule has 0 atom stereocenters. The molecule has 4 N–H and O–H groups in total. The lowest BCUT2D eigenvalue weighted by atomic mass is 10.1. The Labute approximate surface area is 231 Å². The average Bonchev–Trinajstić information content (AvgIpc) is 2.79. The van der Waals surface area contributed by atoms with Gasteiger partial charge in [-0.15, -0.1) is 0 Å². The maximum Gasteiger partial charge on any atom is 0.407 e. The molecule has 0 spiro atoms. The normalized spacial score (nSPS) is 11.0. The van der Waals surface area contributed by atoms with Gasteiger partial charge in [0.2, 0.25) is 5.82 Å². The second kappa shape index (κ2) is 14.6. The van der Waals surface area contributed by atoms with Crippen molar-refractivity contribution in [2.75, 3.05) is 18.8 Å². The number of anilines is 1. The van der Waals surface area contributed by atoms with Gasteiger partial charge in [-0.3, -0.25) is 20.2 Å². The summed E-state index contributed by atoms with van der Waals surface area (Å²) in [5.74, 6) is -0.876. The number of carbonyl (C=O) groups excluding carboxylic acids is 2. The number of benzene rings is 2. The Bertz CT molecular complexity index is 1120. The number of hydrogen-bond acceptors (Lipinski definition) is 9. The number of halogens is 1. The summed E-state index contributed by atoms with van der Waals surface area (Å²) in [4.78, 5) is 42.8. The van der Waals surface area contributed by atoms with Crippen molar-refractivity contribution in [2.24, 2.45) is 0 Å². The summed E-state index contributed by atoms with van der Waals surface area (Å²) < 4.78 is 23.2. The van der Waals surface area contributed by atoms with E-state index in [0.29, 0.717) is 24.9 Å². The van der Waals surface area contributed by atoms with Gasteiger partial charge in [-0.1, -0.05) is 12.1 Å². The van der Waals surface area contributed by atoms with Crippen LogP contribution in [0, 0.1) is 26.0 Å². The Kier molecular flexibility index (Phi) is 12.2. The molecule has 0 saturated heterocycles. The Morgan fingerprint density at radius 1 is 0.800 bits per heavy atom. The number of hydrogen-bond donors (Lipinski definition) is 3. The molecule has 0 aliphatic carbocycles. The average molecular weight is 566 g/mol. The first-order chi connectivity index (χ1) is 18.4. The first-order valence-electron chi connectivity index (χ1n) is 12.3. The van der Waals surface area contributed by atoms with Crippen molar-refractivity contribution >= 4 is 29.2 Å². The van der Waals surface area contributed by atoms with E-state index in [2.05, 4.69) is 10.6 Å². The fourth-order valence-electron chi connectivity index (χ4n) is 3.00. The molecule has 0 heterocycles. The van der Waals surface area contributed by atoms with Crippen LogP contribution in [-0.2, 0) is 22.3 Å². The number of carbonyl (C=O) groups is 2. The van der Waals surface area contributed by atoms with Crippen LogP contribution >= 0.6 is 0 Å². The van der Waals surface area contributed by atoms with Crippen LogP contribution in [0.3, 0.4) is 0 Å². The molecule has 0 bridgehead atoms. The van der Waals surface area contributed by atoms with E-state index in [1.807, 2.05) is 0 Å². The summed E-state index contributed by atoms with van der Waals surface area (Å²) >= 11 is 0. The molecule has 0 aromatic heterocycles. The van der Waals surface area contributed by atoms with Gasteiger partial charge in [-0.05, 0) is 77.6 Å². The third-order valence-electron chi connectivity index (χ3n) is 4.66. The van der Waals surface area contributed by atoms with Crippen molar-refractivity contribution in [1.29, 1.82) is 0 Å². The first-order valence-corrected chi connectivity index (χ1v) is 12.3. The SMILES string of the molecule is CC(C)(C)OC(=O)NCCc1ccc(F)c([N+](=O)[O-])c1.CC(C)(C)OC(=O)NCCc1ccc(N)c([N+](=O)[O-])c1. The highest BCUT2D eigenvalue weighted by atomic mass is 19.1. The maximum atomic E-state index is 13.1. The standard InChI is InChI=1S/C13H17FN2O4.C13H19N3O4/c2*1-13(2,3)20-12(17)15-7-6-9-4-5-10(14)11(8-9)16(18)19/h4-5,8H,6-7H2,1-3H3,(H,15,17);4-5,8H,6-7,14H2,1-3H3,(H,15,17). The molecule has 40 heavy (non-hydrogen) atoms. The Morgan fingerprint density at radius 3 is 1.60 bits per heavy atom. The van der Waals surface area contributed by atoms with Crippen molar-refractivity contribution in [1.82, 2.24) is 10.6 Å². The van der Waals surface area contributed by atoms with Crippen LogP contribution in [-0.4, -0.2) is 46.3 Å². The van der Waals surface area contributed by atoms with E-state index in [-0.39, 0.29) is 17.9 Å². The predicted molar refractivity (Wildman–Crippen MR) is 146 cm³/mol. The zero-order valence-electron chi connectivity index (χ0n) is 23.4. The fraction of sp³-hybridized carbons (Fsp3) is 0.462. The lowest BCUT2D eigenvalue weighted by molar-refractivity contribution is -0.387. The summed E-state index contributed by atoms with van der Waals surface area (Å²) in [5, 5.41) is 26.5. The monoisotopic (exact) mass is 565 g/mol. The molecule has 2 aromatic rings. The van der Waals surface area contributed by atoms with Crippen LogP contribution < -0.4 is 16.4 Å². The van der Waals surface area contributed by atoms with Crippen LogP contribution in [0.1, 0.15) is 52.7 Å². The van der Waals surface area contributed by atoms with Gasteiger partial charge in [0.05, 0.1) is 9.85 Å². The topological polar surface area (TPSA) is 189 Å². The van der Waals surface area contributed by atoms with E-state index in [4.69, 9.17) is 15.2 Å². The zero-order valence-corrected chi connectivity index (χ0v) is 23.4. The number of ether oxygens (including phenoxy) is 2. The number of rotatable bonds is 8. The number of nitrogens with one attached hydrogen (secondary N) is 2. The first kappa shape index (κ1) is 33.5. The second-order valence-corrected chi connectivity index (χ2v) is 10.6. The highest BCUT2D eigenvalue weighted by molar-refractivity contribution is 5.68. The molecule has 220 valence electrons. The summed E-state index contributed by atoms with van der Waals surface area (Å²) in [6.45, 7) is 11.1. The number of alkyl carbamates (subject to hydrolysis) is 2. The molecular formula is C26H36FN5O8. The number of nitro benzene ring substituents is 2. The van der Waals surface area contributed by atoms with E-state index < -0.39 is 44.7 Å². The van der Waals surface area contributed by atoms with Crippen LogP contribution in [0.4, 0.5) is 31.0 Å². The largest absolute Gasteiger partial charge is 0.444 e. The van der Waals surface area contributed by atoms with Gasteiger partial charge in [-0.25, -0.2) is 9.59 Å². The van der Waals surface area contributed by atoms with Crippen LogP contribution in [0.15, 0.2) is 36.4 Å². The number of nitrogens with zero attached hydrogens (tertiary/aromatic N) is 2. The van der Waals surface area contributed by atoms with Crippen LogP contribution in [0.2, 0.25) is 0 Å². The molecule has 0 aliphatic heterocycles. The number of nitro groups is 2. The minimum Gasteiger partial charge on any atom is -0.444 e. The van der Waals surface area contributed by atoms with E-state index in [0.717, 1.165) is 17.7 Å². The third-order valence-corrected chi connectivity index (χ3v) is 4.66. The van der Waals surface area contributed by atoms with Crippen LogP contribution in [0.5, 0.6) is 0 Å². The summed E-state index contributed by atoms with van der Waals surface area (Å²) in [6, 6.07) is 8.23. The Balaban J connectivity index is 0.000000400. The maximum absolute atomic E-state index is 13.1. The summed E-state index contributed by atoms with van der Waals surface area (Å²) in [5.41, 5.74) is 5.09. The van der Waals surface area contributed by atoms with Gasteiger partial charge in [0.1, 0.15) is 16.9 Å². The van der Waals surface area contributed by atoms with E-state index in [1.54, 1.807) is 47.6 Å². The van der Waals surface area contributed by atoms with Gasteiger partial charge in [0, 0.05) is 25.2 Å². The molecule has 2 aromatic carbocycles. The molecule has 2 amide bonds. The second-order valence-electron chi connectivity index (χ2n) is 10.6. The molecule has 0 fully saturated rings. The highest BCUT2D eigenvalue weighted by Gasteiger charge is 2.18. The van der Waals surface area contributed by atoms with Crippen molar-refractivity contribution in [2.45, 2.75) is 65.6 Å². The lowest BCUT2D eigenvalue weighted by Gasteiger charge is -2.19. The molecule has 0 radical (unpaired) electrons. The number of nitrogen functional groups attached to an aromatic ring is 1. The molecule has 14 heteroatoms. The predicted octanol–water partition coefficient (Wildman–Crippen LogP) is 5.05. The van der Waals surface area contributed by atoms with E-state index >= 15 is 0 Å². The third kappa shape index (κ3) is 13.3. The minimum atomic E-state index is -0.876. The van der Waals surface area contributed by atoms with Gasteiger partial charge < -0.3 is 25.8 Å². The van der Waals surface area contributed by atoms with Crippen LogP contribution in [0.25, 0.3) is 0 Å².